The van der Waals surface area contributed by atoms with Crippen molar-refractivity contribution in [1.82, 2.24) is 0 Å². The Morgan fingerprint density at radius 2 is 1.94 bits per heavy atom. The molecule has 1 aromatic rings. The van der Waals surface area contributed by atoms with Crippen LogP contribution in [0.4, 0.5) is 0 Å². The third kappa shape index (κ3) is 3.22. The summed E-state index contributed by atoms with van der Waals surface area (Å²) in [4.78, 5) is 21.8. The van der Waals surface area contributed by atoms with Crippen molar-refractivity contribution in [2.75, 3.05) is 6.61 Å². The molecular formula is C11H10Cl2O3. The van der Waals surface area contributed by atoms with Crippen LogP contribution in [0.2, 0.25) is 10.0 Å². The number of halogens is 2. The maximum absolute atomic E-state index is 11.3. The van der Waals surface area contributed by atoms with Crippen molar-refractivity contribution < 1.29 is 14.3 Å². The third-order valence-corrected chi connectivity index (χ3v) is 2.60. The van der Waals surface area contributed by atoms with E-state index in [9.17, 15) is 9.59 Å². The van der Waals surface area contributed by atoms with Gasteiger partial charge in [-0.05, 0) is 19.1 Å². The zero-order chi connectivity index (χ0) is 12.1. The van der Waals surface area contributed by atoms with Crippen molar-refractivity contribution in [2.24, 2.45) is 0 Å². The molecule has 0 saturated carbocycles. The normalized spacial score (nSPS) is 9.94. The largest absolute Gasteiger partial charge is 0.466 e. The molecule has 0 aromatic heterocycles. The van der Waals surface area contributed by atoms with Crippen molar-refractivity contribution in [3.05, 3.63) is 33.3 Å². The van der Waals surface area contributed by atoms with Crippen molar-refractivity contribution in [3.8, 4) is 0 Å². The molecule has 16 heavy (non-hydrogen) atoms. The second kappa shape index (κ2) is 5.87. The summed E-state index contributed by atoms with van der Waals surface area (Å²) in [7, 11) is 0. The minimum absolute atomic E-state index is 0.00461. The predicted octanol–water partition coefficient (Wildman–Crippen LogP) is 2.91. The lowest BCUT2D eigenvalue weighted by Crippen LogP contribution is -2.08. The van der Waals surface area contributed by atoms with Crippen LogP contribution in [0.3, 0.4) is 0 Å². The first-order valence-electron chi connectivity index (χ1n) is 4.67. The van der Waals surface area contributed by atoms with E-state index in [-0.39, 0.29) is 6.42 Å². The minimum atomic E-state index is -0.398. The van der Waals surface area contributed by atoms with E-state index in [1.165, 1.54) is 12.1 Å². The van der Waals surface area contributed by atoms with Gasteiger partial charge in [0.15, 0.2) is 0 Å². The number of hydrogen-bond acceptors (Lipinski definition) is 3. The van der Waals surface area contributed by atoms with Crippen LogP contribution in [0, 0.1) is 0 Å². The molecule has 0 heterocycles. The van der Waals surface area contributed by atoms with Gasteiger partial charge in [-0.25, -0.2) is 0 Å². The van der Waals surface area contributed by atoms with Gasteiger partial charge in [-0.1, -0.05) is 23.2 Å². The van der Waals surface area contributed by atoms with Gasteiger partial charge < -0.3 is 4.74 Å². The zero-order valence-corrected chi connectivity index (χ0v) is 10.1. The third-order valence-electron chi connectivity index (χ3n) is 1.93. The number of carbonyl (C=O) groups excluding carboxylic acids is 2. The van der Waals surface area contributed by atoms with Gasteiger partial charge >= 0.3 is 5.97 Å². The second-order valence-corrected chi connectivity index (χ2v) is 3.88. The minimum Gasteiger partial charge on any atom is -0.466 e. The molecule has 0 unspecified atom stereocenters. The van der Waals surface area contributed by atoms with Crippen LogP contribution in [0.15, 0.2) is 12.1 Å². The van der Waals surface area contributed by atoms with E-state index in [0.717, 1.165) is 0 Å². The number of rotatable bonds is 4. The number of aldehydes is 1. The molecule has 1 aromatic carbocycles. The maximum atomic E-state index is 11.3. The fourth-order valence-electron chi connectivity index (χ4n) is 1.22. The maximum Gasteiger partial charge on any atom is 0.310 e. The molecule has 0 atom stereocenters. The van der Waals surface area contributed by atoms with E-state index in [1.54, 1.807) is 6.92 Å². The van der Waals surface area contributed by atoms with E-state index < -0.39 is 5.97 Å². The molecule has 1 rings (SSSR count). The molecule has 5 heteroatoms. The highest BCUT2D eigenvalue weighted by Crippen LogP contribution is 2.26. The first-order valence-corrected chi connectivity index (χ1v) is 5.42. The van der Waals surface area contributed by atoms with Gasteiger partial charge in [-0.2, -0.15) is 0 Å². The lowest BCUT2D eigenvalue weighted by atomic mass is 10.1. The molecule has 0 aliphatic heterocycles. The first kappa shape index (κ1) is 13.0. The summed E-state index contributed by atoms with van der Waals surface area (Å²) >= 11 is 11.8. The molecule has 0 saturated heterocycles. The Bertz CT molecular complexity index is 393. The Morgan fingerprint density at radius 3 is 2.38 bits per heavy atom. The smallest absolute Gasteiger partial charge is 0.310 e. The quantitative estimate of drug-likeness (QED) is 0.618. The summed E-state index contributed by atoms with van der Waals surface area (Å²) in [5.74, 6) is -0.398. The summed E-state index contributed by atoms with van der Waals surface area (Å²) in [6, 6.07) is 2.93. The molecule has 0 aliphatic rings. The SMILES string of the molecule is CCOC(=O)Cc1c(Cl)cc(C=O)cc1Cl. The predicted molar refractivity (Wildman–Crippen MR) is 62.2 cm³/mol. The van der Waals surface area contributed by atoms with Crippen LogP contribution >= 0.6 is 23.2 Å². The molecule has 86 valence electrons. The number of carbonyl (C=O) groups is 2. The topological polar surface area (TPSA) is 43.4 Å². The number of benzene rings is 1. The van der Waals surface area contributed by atoms with E-state index in [0.29, 0.717) is 34.1 Å². The standard InChI is InChI=1S/C11H10Cl2O3/c1-2-16-11(15)5-8-9(12)3-7(6-14)4-10(8)13/h3-4,6H,2,5H2,1H3. The van der Waals surface area contributed by atoms with Crippen LogP contribution in [0.5, 0.6) is 0 Å². The molecular weight excluding hydrogens is 251 g/mol. The zero-order valence-electron chi connectivity index (χ0n) is 8.63. The summed E-state index contributed by atoms with van der Waals surface area (Å²) in [5, 5.41) is 0.588. The molecule has 0 fully saturated rings. The van der Waals surface area contributed by atoms with Crippen molar-refractivity contribution in [2.45, 2.75) is 13.3 Å². The number of ether oxygens (including phenoxy) is 1. The molecule has 0 aliphatic carbocycles. The Balaban J connectivity index is 2.96. The van der Waals surface area contributed by atoms with Crippen molar-refractivity contribution in [3.63, 3.8) is 0 Å². The second-order valence-electron chi connectivity index (χ2n) is 3.06. The van der Waals surface area contributed by atoms with Gasteiger partial charge in [0.2, 0.25) is 0 Å². The van der Waals surface area contributed by atoms with Crippen LogP contribution in [-0.4, -0.2) is 18.9 Å². The van der Waals surface area contributed by atoms with Gasteiger partial charge in [0, 0.05) is 21.2 Å². The Morgan fingerprint density at radius 1 is 1.38 bits per heavy atom. The highest BCUT2D eigenvalue weighted by molar-refractivity contribution is 6.36. The van der Waals surface area contributed by atoms with Gasteiger partial charge in [0.05, 0.1) is 13.0 Å². The molecule has 0 spiro atoms. The summed E-state index contributed by atoms with van der Waals surface area (Å²) in [6.45, 7) is 2.02. The van der Waals surface area contributed by atoms with Gasteiger partial charge in [-0.3, -0.25) is 9.59 Å². The average molecular weight is 261 g/mol. The molecule has 0 bridgehead atoms. The highest BCUT2D eigenvalue weighted by atomic mass is 35.5. The van der Waals surface area contributed by atoms with Gasteiger partial charge in [0.25, 0.3) is 0 Å². The monoisotopic (exact) mass is 260 g/mol. The van der Waals surface area contributed by atoms with E-state index in [1.807, 2.05) is 0 Å². The fourth-order valence-corrected chi connectivity index (χ4v) is 1.85. The number of esters is 1. The lowest BCUT2D eigenvalue weighted by Gasteiger charge is -2.07. The van der Waals surface area contributed by atoms with Gasteiger partial charge in [-0.15, -0.1) is 0 Å². The van der Waals surface area contributed by atoms with Crippen LogP contribution < -0.4 is 0 Å². The summed E-state index contributed by atoms with van der Waals surface area (Å²) in [6.07, 6.45) is 0.649. The van der Waals surface area contributed by atoms with Crippen LogP contribution in [0.1, 0.15) is 22.8 Å². The summed E-state index contributed by atoms with van der Waals surface area (Å²) < 4.78 is 4.79. The first-order chi connectivity index (χ1) is 7.58. The van der Waals surface area contributed by atoms with E-state index in [2.05, 4.69) is 0 Å². The molecule has 3 nitrogen and oxygen atoms in total. The average Bonchev–Trinajstić information content (AvgIpc) is 2.23. The molecule has 0 radical (unpaired) electrons. The molecule has 0 amide bonds. The Labute approximate surface area is 103 Å². The van der Waals surface area contributed by atoms with Crippen LogP contribution in [0.25, 0.3) is 0 Å². The van der Waals surface area contributed by atoms with Crippen molar-refractivity contribution >= 4 is 35.5 Å². The van der Waals surface area contributed by atoms with Crippen LogP contribution in [-0.2, 0) is 16.0 Å². The highest BCUT2D eigenvalue weighted by Gasteiger charge is 2.13. The lowest BCUT2D eigenvalue weighted by molar-refractivity contribution is -0.142. The Kier molecular flexibility index (Phi) is 4.77. The van der Waals surface area contributed by atoms with Gasteiger partial charge in [0.1, 0.15) is 6.29 Å². The Hall–Kier alpha value is -1.06. The summed E-state index contributed by atoms with van der Waals surface area (Å²) in [5.41, 5.74) is 0.856. The fraction of sp³-hybridized carbons (Fsp3) is 0.273. The van der Waals surface area contributed by atoms with E-state index >= 15 is 0 Å². The molecule has 0 N–H and O–H groups in total. The van der Waals surface area contributed by atoms with Crippen molar-refractivity contribution in [1.29, 1.82) is 0 Å². The van der Waals surface area contributed by atoms with E-state index in [4.69, 9.17) is 27.9 Å². The number of hydrogen-bond donors (Lipinski definition) is 0.